The number of carbonyl (C=O) groups excluding carboxylic acids is 2. The minimum atomic E-state index is -0.878. The number of anilines is 1. The number of hydrogen-bond donors (Lipinski definition) is 1. The van der Waals surface area contributed by atoms with Gasteiger partial charge in [-0.15, -0.1) is 0 Å². The van der Waals surface area contributed by atoms with Crippen LogP contribution in [-0.2, 0) is 16.1 Å². The molecular weight excluding hydrogens is 422 g/mol. The average Bonchev–Trinajstić information content (AvgIpc) is 3.30. The summed E-state index contributed by atoms with van der Waals surface area (Å²) in [5, 5.41) is 29.6. The third-order valence-corrected chi connectivity index (χ3v) is 4.99. The topological polar surface area (TPSA) is 155 Å². The number of ether oxygens (including phenoxy) is 1. The number of aromatic nitrogens is 2. The van der Waals surface area contributed by atoms with E-state index in [2.05, 4.69) is 10.6 Å². The molecule has 1 saturated heterocycles. The van der Waals surface area contributed by atoms with E-state index in [-0.39, 0.29) is 30.0 Å². The fraction of sp³-hybridized carbons (Fsp3) is 0.200. The lowest BCUT2D eigenvalue weighted by Crippen LogP contribution is -2.43. The summed E-state index contributed by atoms with van der Waals surface area (Å²) in [6.45, 7) is -0.0772. The number of nitrogens with zero attached hydrogens (tertiary/aromatic N) is 4. The summed E-state index contributed by atoms with van der Waals surface area (Å²) in [5.41, 5.74) is 0.776. The fourth-order valence-electron chi connectivity index (χ4n) is 3.35. The predicted octanol–water partition coefficient (Wildman–Crippen LogP) is 0.363. The highest BCUT2D eigenvalue weighted by Gasteiger charge is 2.40. The first kappa shape index (κ1) is 20.9. The van der Waals surface area contributed by atoms with Crippen molar-refractivity contribution in [1.82, 2.24) is 10.6 Å². The molecule has 1 aromatic heterocycles. The highest BCUT2D eigenvalue weighted by atomic mass is 16.6. The van der Waals surface area contributed by atoms with E-state index in [1.807, 2.05) is 0 Å². The van der Waals surface area contributed by atoms with Gasteiger partial charge in [-0.1, -0.05) is 0 Å². The van der Waals surface area contributed by atoms with Gasteiger partial charge >= 0.3 is 0 Å². The van der Waals surface area contributed by atoms with Crippen LogP contribution in [0.3, 0.4) is 0 Å². The SMILES string of the molecule is COc1ccc(-[n+]2noc([O-])c2CNC2CC(=O)N(c3ccc([N+](=O)[O-])cc3)C2=O)cc1. The molecule has 1 aliphatic heterocycles. The van der Waals surface area contributed by atoms with Crippen LogP contribution >= 0.6 is 0 Å². The number of rotatable bonds is 7. The molecule has 12 nitrogen and oxygen atoms in total. The van der Waals surface area contributed by atoms with Crippen LogP contribution in [0.5, 0.6) is 11.7 Å². The monoisotopic (exact) mass is 439 g/mol. The van der Waals surface area contributed by atoms with Crippen molar-refractivity contribution in [3.63, 3.8) is 0 Å². The van der Waals surface area contributed by atoms with Gasteiger partial charge in [0.05, 0.1) is 42.0 Å². The summed E-state index contributed by atoms with van der Waals surface area (Å²) in [7, 11) is 1.53. The molecule has 1 N–H and O–H groups in total. The van der Waals surface area contributed by atoms with Gasteiger partial charge in [0.2, 0.25) is 11.6 Å². The Balaban J connectivity index is 1.49. The maximum absolute atomic E-state index is 12.8. The molecule has 0 aliphatic carbocycles. The minimum Gasteiger partial charge on any atom is -0.539 e. The molecule has 0 spiro atoms. The highest BCUT2D eigenvalue weighted by Crippen LogP contribution is 2.25. The number of nitro benzene ring substituents is 1. The summed E-state index contributed by atoms with van der Waals surface area (Å²) in [6, 6.07) is 11.0. The molecule has 2 amide bonds. The molecular formula is C20H17N5O7. The van der Waals surface area contributed by atoms with Gasteiger partial charge in [-0.25, -0.2) is 4.90 Å². The van der Waals surface area contributed by atoms with Crippen LogP contribution in [-0.4, -0.2) is 35.2 Å². The molecule has 32 heavy (non-hydrogen) atoms. The molecule has 1 fully saturated rings. The van der Waals surface area contributed by atoms with Crippen molar-refractivity contribution in [2.45, 2.75) is 19.0 Å². The van der Waals surface area contributed by atoms with Gasteiger partial charge in [-0.05, 0) is 28.9 Å². The van der Waals surface area contributed by atoms with Crippen LogP contribution < -0.4 is 24.7 Å². The number of carbonyl (C=O) groups is 2. The van der Waals surface area contributed by atoms with Gasteiger partial charge < -0.3 is 14.4 Å². The van der Waals surface area contributed by atoms with Crippen molar-refractivity contribution < 1.29 is 33.6 Å². The Labute approximate surface area is 180 Å². The Bertz CT molecular complexity index is 1170. The van der Waals surface area contributed by atoms with Crippen molar-refractivity contribution in [2.75, 3.05) is 12.0 Å². The third kappa shape index (κ3) is 3.86. The van der Waals surface area contributed by atoms with E-state index in [9.17, 15) is 24.8 Å². The van der Waals surface area contributed by atoms with Gasteiger partial charge in [0.25, 0.3) is 17.3 Å². The molecule has 0 saturated carbocycles. The Hall–Kier alpha value is -4.32. The molecule has 0 bridgehead atoms. The lowest BCUT2D eigenvalue weighted by Gasteiger charge is -2.15. The third-order valence-electron chi connectivity index (χ3n) is 4.99. The number of methoxy groups -OCH3 is 1. The van der Waals surface area contributed by atoms with E-state index in [4.69, 9.17) is 9.26 Å². The quantitative estimate of drug-likeness (QED) is 0.238. The number of amides is 2. The summed E-state index contributed by atoms with van der Waals surface area (Å²) >= 11 is 0. The van der Waals surface area contributed by atoms with E-state index in [1.54, 1.807) is 24.3 Å². The molecule has 12 heteroatoms. The van der Waals surface area contributed by atoms with Crippen LogP contribution in [0.4, 0.5) is 11.4 Å². The summed E-state index contributed by atoms with van der Waals surface area (Å²) in [6.07, 6.45) is -0.127. The van der Waals surface area contributed by atoms with Gasteiger partial charge in [0.15, 0.2) is 5.95 Å². The van der Waals surface area contributed by atoms with Crippen molar-refractivity contribution >= 4 is 23.2 Å². The predicted molar refractivity (Wildman–Crippen MR) is 105 cm³/mol. The molecule has 164 valence electrons. The molecule has 1 unspecified atom stereocenters. The zero-order chi connectivity index (χ0) is 22.8. The molecule has 1 atom stereocenters. The van der Waals surface area contributed by atoms with Crippen molar-refractivity contribution in [3.8, 4) is 17.4 Å². The number of nitrogens with one attached hydrogen (secondary N) is 1. The molecule has 2 aromatic carbocycles. The van der Waals surface area contributed by atoms with E-state index >= 15 is 0 Å². The van der Waals surface area contributed by atoms with Crippen LogP contribution in [0.1, 0.15) is 12.1 Å². The van der Waals surface area contributed by atoms with Crippen LogP contribution in [0, 0.1) is 10.1 Å². The van der Waals surface area contributed by atoms with Gasteiger partial charge in [-0.3, -0.25) is 25.0 Å². The summed E-state index contributed by atoms with van der Waals surface area (Å²) in [5.74, 6) is -1.04. The second-order valence-electron chi connectivity index (χ2n) is 6.90. The first-order chi connectivity index (χ1) is 15.4. The fourth-order valence-corrected chi connectivity index (χ4v) is 3.35. The average molecular weight is 439 g/mol. The van der Waals surface area contributed by atoms with E-state index in [0.29, 0.717) is 11.4 Å². The number of benzene rings is 2. The molecule has 0 radical (unpaired) electrons. The standard InChI is InChI=1S/C20H17N5O7/c1-31-15-8-6-13(7-9-15)24-17(20(28)32-22-24)11-21-16-10-18(26)23(19(16)27)12-2-4-14(5-3-12)25(29)30/h2-9,16,21H,10-11H2,1H3. The lowest BCUT2D eigenvalue weighted by atomic mass is 10.2. The minimum absolute atomic E-state index is 0.0772. The molecule has 3 aromatic rings. The second kappa shape index (κ2) is 8.43. The normalized spacial score (nSPS) is 15.9. The highest BCUT2D eigenvalue weighted by molar-refractivity contribution is 6.22. The first-order valence-electron chi connectivity index (χ1n) is 9.46. The van der Waals surface area contributed by atoms with Crippen molar-refractivity contribution in [1.29, 1.82) is 0 Å². The van der Waals surface area contributed by atoms with E-state index in [0.717, 1.165) is 4.90 Å². The molecule has 1 aliphatic rings. The number of nitro groups is 1. The van der Waals surface area contributed by atoms with Crippen LogP contribution in [0.2, 0.25) is 0 Å². The zero-order valence-electron chi connectivity index (χ0n) is 16.8. The van der Waals surface area contributed by atoms with E-state index in [1.165, 1.54) is 36.1 Å². The molecule has 4 rings (SSSR count). The van der Waals surface area contributed by atoms with Crippen molar-refractivity contribution in [3.05, 3.63) is 64.3 Å². The smallest absolute Gasteiger partial charge is 0.269 e. The maximum Gasteiger partial charge on any atom is 0.269 e. The Kier molecular flexibility index (Phi) is 5.52. The van der Waals surface area contributed by atoms with Gasteiger partial charge in [0.1, 0.15) is 5.75 Å². The second-order valence-corrected chi connectivity index (χ2v) is 6.90. The first-order valence-corrected chi connectivity index (χ1v) is 9.46. The maximum atomic E-state index is 12.8. The van der Waals surface area contributed by atoms with Gasteiger partial charge in [0, 0.05) is 24.3 Å². The zero-order valence-corrected chi connectivity index (χ0v) is 16.8. The van der Waals surface area contributed by atoms with Crippen LogP contribution in [0.15, 0.2) is 53.1 Å². The number of non-ortho nitro benzene ring substituents is 1. The summed E-state index contributed by atoms with van der Waals surface area (Å²) in [4.78, 5) is 36.4. The van der Waals surface area contributed by atoms with E-state index < -0.39 is 28.7 Å². The Morgan fingerprint density at radius 1 is 1.22 bits per heavy atom. The number of imide groups is 1. The number of hydrogen-bond acceptors (Lipinski definition) is 9. The molecule has 2 heterocycles. The van der Waals surface area contributed by atoms with Crippen LogP contribution in [0.25, 0.3) is 5.69 Å². The Morgan fingerprint density at radius 3 is 2.53 bits per heavy atom. The van der Waals surface area contributed by atoms with Gasteiger partial charge in [-0.2, -0.15) is 0 Å². The largest absolute Gasteiger partial charge is 0.539 e. The van der Waals surface area contributed by atoms with Crippen molar-refractivity contribution in [2.24, 2.45) is 0 Å². The lowest BCUT2D eigenvalue weighted by molar-refractivity contribution is -0.677. The Morgan fingerprint density at radius 2 is 1.91 bits per heavy atom. The summed E-state index contributed by atoms with van der Waals surface area (Å²) < 4.78 is 11.2.